The molecule has 1 fully saturated rings. The number of benzene rings is 1. The third-order valence-electron chi connectivity index (χ3n) is 4.99. The van der Waals surface area contributed by atoms with E-state index in [-0.39, 0.29) is 30.2 Å². The number of nitrogens with zero attached hydrogens (tertiary/aromatic N) is 3. The van der Waals surface area contributed by atoms with E-state index >= 15 is 0 Å². The van der Waals surface area contributed by atoms with Crippen LogP contribution in [0, 0.1) is 12.7 Å². The zero-order valence-electron chi connectivity index (χ0n) is 19.1. The fourth-order valence-electron chi connectivity index (χ4n) is 3.56. The summed E-state index contributed by atoms with van der Waals surface area (Å²) in [7, 11) is -4.78. The molecule has 16 heteroatoms. The van der Waals surface area contributed by atoms with Gasteiger partial charge in [-0.05, 0) is 25.1 Å². The van der Waals surface area contributed by atoms with E-state index in [0.29, 0.717) is 34.6 Å². The fourth-order valence-corrected chi connectivity index (χ4v) is 5.36. The molecule has 3 N–H and O–H groups in total. The van der Waals surface area contributed by atoms with Crippen molar-refractivity contribution in [1.82, 2.24) is 20.3 Å². The van der Waals surface area contributed by atoms with Gasteiger partial charge in [-0.3, -0.25) is 4.72 Å². The molecule has 3 heterocycles. The summed E-state index contributed by atoms with van der Waals surface area (Å²) >= 11 is 1.22. The summed E-state index contributed by atoms with van der Waals surface area (Å²) in [6, 6.07) is 4.21. The molecule has 0 unspecified atom stereocenters. The minimum atomic E-state index is -4.95. The van der Waals surface area contributed by atoms with Crippen molar-refractivity contribution in [3.05, 3.63) is 41.3 Å². The van der Waals surface area contributed by atoms with E-state index in [9.17, 15) is 30.4 Å². The average Bonchev–Trinajstić information content (AvgIpc) is 3.14. The minimum Gasteiger partial charge on any atom is -0.434 e. The molecule has 1 saturated heterocycles. The van der Waals surface area contributed by atoms with Crippen LogP contribution < -0.4 is 20.1 Å². The Balaban J connectivity index is 1.52. The van der Waals surface area contributed by atoms with Crippen LogP contribution in [0.1, 0.15) is 11.4 Å². The van der Waals surface area contributed by atoms with Crippen LogP contribution in [0.4, 0.5) is 33.6 Å². The molecule has 0 bridgehead atoms. The van der Waals surface area contributed by atoms with Crippen molar-refractivity contribution >= 4 is 33.0 Å². The highest BCUT2D eigenvalue weighted by Gasteiger charge is 2.35. The molecule has 2 aromatic heterocycles. The summed E-state index contributed by atoms with van der Waals surface area (Å²) in [6.45, 7) is 2.53. The number of nitrogens with one attached hydrogen (secondary N) is 3. The molecule has 0 saturated carbocycles. The number of anilines is 2. The summed E-state index contributed by atoms with van der Waals surface area (Å²) in [5.74, 6) is -3.20. The van der Waals surface area contributed by atoms with E-state index in [4.69, 9.17) is 4.74 Å². The number of thiazole rings is 1. The first kappa shape index (κ1) is 26.9. The lowest BCUT2D eigenvalue weighted by atomic mass is 10.1. The SMILES string of the molecule is Cc1nc(Oc2ccc(NS(=O)(=O)CC(F)(F)F)cc2F)c(-c2ccnc(N[C@@H]3CNC[C@@H](F)C3)n2)s1. The molecule has 1 aliphatic rings. The van der Waals surface area contributed by atoms with Crippen molar-refractivity contribution in [2.75, 3.05) is 28.9 Å². The van der Waals surface area contributed by atoms with Crippen LogP contribution in [0.25, 0.3) is 10.6 Å². The molecule has 0 radical (unpaired) electrons. The molecule has 0 amide bonds. The van der Waals surface area contributed by atoms with Crippen molar-refractivity contribution in [1.29, 1.82) is 0 Å². The largest absolute Gasteiger partial charge is 0.434 e. The van der Waals surface area contributed by atoms with E-state index in [0.717, 1.165) is 12.1 Å². The normalized spacial score (nSPS) is 18.4. The Morgan fingerprint density at radius 1 is 1.22 bits per heavy atom. The van der Waals surface area contributed by atoms with Gasteiger partial charge in [-0.1, -0.05) is 0 Å². The average molecular weight is 565 g/mol. The Hall–Kier alpha value is -3.11. The van der Waals surface area contributed by atoms with E-state index in [1.54, 1.807) is 17.7 Å². The summed E-state index contributed by atoms with van der Waals surface area (Å²) in [5, 5.41) is 6.63. The second kappa shape index (κ2) is 10.7. The number of alkyl halides is 4. The minimum absolute atomic E-state index is 0.0135. The monoisotopic (exact) mass is 564 g/mol. The van der Waals surface area contributed by atoms with Gasteiger partial charge in [-0.25, -0.2) is 32.2 Å². The summed E-state index contributed by atoms with van der Waals surface area (Å²) in [4.78, 5) is 13.3. The van der Waals surface area contributed by atoms with E-state index in [1.807, 2.05) is 0 Å². The maximum atomic E-state index is 14.7. The number of aromatic nitrogens is 3. The van der Waals surface area contributed by atoms with Crippen LogP contribution in [0.15, 0.2) is 30.5 Å². The summed E-state index contributed by atoms with van der Waals surface area (Å²) in [5.41, 5.74) is 0.0126. The highest BCUT2D eigenvalue weighted by Crippen LogP contribution is 2.38. The Morgan fingerprint density at radius 3 is 2.70 bits per heavy atom. The van der Waals surface area contributed by atoms with Crippen molar-refractivity contribution in [2.24, 2.45) is 0 Å². The van der Waals surface area contributed by atoms with Crippen molar-refractivity contribution in [3.63, 3.8) is 0 Å². The first-order valence-electron chi connectivity index (χ1n) is 10.8. The standard InChI is InChI=1S/C21H21F5N6O3S2/c1-11-29-19(35-17-3-2-13(7-15(17)23)32-37(33,34)10-21(24,25)26)18(36-11)16-4-5-28-20(31-16)30-14-6-12(22)8-27-9-14/h2-5,7,12,14,27,32H,6,8-10H2,1H3,(H,28,30,31)/t12-,14-/m0/s1. The maximum absolute atomic E-state index is 14.7. The van der Waals surface area contributed by atoms with Gasteiger partial charge in [0.25, 0.3) is 0 Å². The molecule has 0 aliphatic carbocycles. The van der Waals surface area contributed by atoms with E-state index < -0.39 is 39.6 Å². The van der Waals surface area contributed by atoms with Gasteiger partial charge in [-0.2, -0.15) is 13.2 Å². The molecular weight excluding hydrogens is 543 g/mol. The molecule has 0 spiro atoms. The molecular formula is C21H21F5N6O3S2. The van der Waals surface area contributed by atoms with Crippen molar-refractivity contribution < 1.29 is 35.1 Å². The molecule has 200 valence electrons. The number of ether oxygens (including phenoxy) is 1. The highest BCUT2D eigenvalue weighted by atomic mass is 32.2. The zero-order chi connectivity index (χ0) is 26.8. The third-order valence-corrected chi connectivity index (χ3v) is 7.22. The first-order chi connectivity index (χ1) is 17.4. The Bertz CT molecular complexity index is 1370. The fraction of sp³-hybridized carbons (Fsp3) is 0.381. The van der Waals surface area contributed by atoms with Gasteiger partial charge in [0, 0.05) is 37.8 Å². The molecule has 37 heavy (non-hydrogen) atoms. The quantitative estimate of drug-likeness (QED) is 0.348. The topological polar surface area (TPSA) is 118 Å². The van der Waals surface area contributed by atoms with Gasteiger partial charge in [0.05, 0.1) is 16.4 Å². The first-order valence-corrected chi connectivity index (χ1v) is 13.3. The number of aryl methyl sites for hydroxylation is 1. The van der Waals surface area contributed by atoms with Crippen LogP contribution >= 0.6 is 11.3 Å². The zero-order valence-corrected chi connectivity index (χ0v) is 20.8. The molecule has 9 nitrogen and oxygen atoms in total. The van der Waals surface area contributed by atoms with Gasteiger partial charge >= 0.3 is 6.18 Å². The lowest BCUT2D eigenvalue weighted by molar-refractivity contribution is -0.106. The van der Waals surface area contributed by atoms with Crippen LogP contribution in [-0.2, 0) is 10.0 Å². The third kappa shape index (κ3) is 7.45. The molecule has 4 rings (SSSR count). The molecule has 1 aliphatic heterocycles. The second-order valence-corrected chi connectivity index (χ2v) is 11.1. The number of halogens is 5. The number of sulfonamides is 1. The molecule has 3 aromatic rings. The number of piperidine rings is 1. The lowest BCUT2D eigenvalue weighted by Crippen LogP contribution is -2.44. The van der Waals surface area contributed by atoms with Gasteiger partial charge in [0.15, 0.2) is 17.3 Å². The van der Waals surface area contributed by atoms with Crippen molar-refractivity contribution in [3.8, 4) is 22.2 Å². The summed E-state index contributed by atoms with van der Waals surface area (Å²) in [6.07, 6.45) is -4.14. The maximum Gasteiger partial charge on any atom is 0.404 e. The second-order valence-electron chi connectivity index (χ2n) is 8.19. The van der Waals surface area contributed by atoms with Gasteiger partial charge < -0.3 is 15.4 Å². The number of hydrogen-bond acceptors (Lipinski definition) is 9. The van der Waals surface area contributed by atoms with Crippen LogP contribution in [0.3, 0.4) is 0 Å². The summed E-state index contributed by atoms with van der Waals surface area (Å²) < 4.78 is 96.2. The number of hydrogen-bond donors (Lipinski definition) is 3. The Labute approximate surface area is 212 Å². The van der Waals surface area contributed by atoms with Gasteiger partial charge in [0.2, 0.25) is 21.9 Å². The van der Waals surface area contributed by atoms with Crippen LogP contribution in [-0.4, -0.2) is 60.6 Å². The molecule has 1 aromatic carbocycles. The number of rotatable bonds is 8. The van der Waals surface area contributed by atoms with E-state index in [2.05, 4.69) is 25.6 Å². The lowest BCUT2D eigenvalue weighted by Gasteiger charge is -2.26. The smallest absolute Gasteiger partial charge is 0.404 e. The predicted octanol–water partition coefficient (Wildman–Crippen LogP) is 4.26. The Kier molecular flexibility index (Phi) is 7.80. The highest BCUT2D eigenvalue weighted by molar-refractivity contribution is 7.92. The Morgan fingerprint density at radius 2 is 2.00 bits per heavy atom. The van der Waals surface area contributed by atoms with Crippen LogP contribution in [0.2, 0.25) is 0 Å². The van der Waals surface area contributed by atoms with Crippen LogP contribution in [0.5, 0.6) is 11.6 Å². The van der Waals surface area contributed by atoms with Gasteiger partial charge in [-0.15, -0.1) is 11.3 Å². The van der Waals surface area contributed by atoms with E-state index in [1.165, 1.54) is 17.5 Å². The predicted molar refractivity (Wildman–Crippen MR) is 128 cm³/mol. The van der Waals surface area contributed by atoms with Crippen molar-refractivity contribution in [2.45, 2.75) is 31.7 Å². The van der Waals surface area contributed by atoms with Gasteiger partial charge in [0.1, 0.15) is 11.0 Å². The molecule has 2 atom stereocenters.